The van der Waals surface area contributed by atoms with Crippen molar-refractivity contribution in [1.29, 1.82) is 0 Å². The zero-order valence-electron chi connectivity index (χ0n) is 17.3. The third-order valence-corrected chi connectivity index (χ3v) is 5.69. The molecular formula is C19H18F6N4O4S. The summed E-state index contributed by atoms with van der Waals surface area (Å²) in [5, 5.41) is 7.27. The van der Waals surface area contributed by atoms with Crippen LogP contribution in [0.5, 0.6) is 0 Å². The first-order valence-electron chi connectivity index (χ1n) is 9.54. The topological polar surface area (TPSA) is 115 Å². The van der Waals surface area contributed by atoms with E-state index in [9.17, 15) is 39.6 Å². The molecule has 34 heavy (non-hydrogen) atoms. The van der Waals surface area contributed by atoms with Crippen LogP contribution in [-0.4, -0.2) is 50.8 Å². The lowest BCUT2D eigenvalue weighted by Gasteiger charge is -2.38. The van der Waals surface area contributed by atoms with Crippen molar-refractivity contribution in [2.24, 2.45) is 5.14 Å². The number of anilines is 2. The van der Waals surface area contributed by atoms with E-state index < -0.39 is 64.0 Å². The second-order valence-electron chi connectivity index (χ2n) is 7.50. The Bertz CT molecular complexity index is 1190. The Kier molecular flexibility index (Phi) is 6.83. The Hall–Kier alpha value is -2.91. The number of nitrogens with one attached hydrogen (secondary N) is 1. The van der Waals surface area contributed by atoms with Crippen molar-refractivity contribution in [1.82, 2.24) is 4.98 Å². The van der Waals surface area contributed by atoms with Gasteiger partial charge in [-0.3, -0.25) is 4.79 Å². The number of hydrogen-bond donors (Lipinski definition) is 2. The molecule has 0 aliphatic carbocycles. The van der Waals surface area contributed by atoms with Gasteiger partial charge in [0.05, 0.1) is 28.7 Å². The summed E-state index contributed by atoms with van der Waals surface area (Å²) in [7, 11) is -4.14. The summed E-state index contributed by atoms with van der Waals surface area (Å²) >= 11 is 0. The van der Waals surface area contributed by atoms with Crippen molar-refractivity contribution in [3.8, 4) is 0 Å². The van der Waals surface area contributed by atoms with E-state index in [-0.39, 0.29) is 17.1 Å². The Morgan fingerprint density at radius 3 is 2.44 bits per heavy atom. The summed E-state index contributed by atoms with van der Waals surface area (Å²) < 4.78 is 107. The smallest absolute Gasteiger partial charge is 0.362 e. The molecule has 1 aromatic carbocycles. The number of ether oxygens (including phenoxy) is 1. The van der Waals surface area contributed by atoms with Crippen LogP contribution in [0.25, 0.3) is 0 Å². The van der Waals surface area contributed by atoms with Crippen molar-refractivity contribution in [3.05, 3.63) is 47.7 Å². The van der Waals surface area contributed by atoms with Crippen LogP contribution in [0.1, 0.15) is 22.8 Å². The molecule has 8 nitrogen and oxygen atoms in total. The van der Waals surface area contributed by atoms with E-state index in [0.717, 1.165) is 17.0 Å². The zero-order valence-corrected chi connectivity index (χ0v) is 18.1. The minimum atomic E-state index is -4.89. The maximum Gasteiger partial charge on any atom is 0.417 e. The summed E-state index contributed by atoms with van der Waals surface area (Å²) in [6, 6.07) is 5.06. The maximum absolute atomic E-state index is 13.3. The highest BCUT2D eigenvalue weighted by Crippen LogP contribution is 2.34. The van der Waals surface area contributed by atoms with Crippen molar-refractivity contribution >= 4 is 27.4 Å². The SMILES string of the molecule is C[C@H]1CN(c2ncc(C(F)(F)F)cc2C(=O)Nc2cccc(S(N)(=O)=O)c2)C[C@H](C(F)(F)F)O1. The number of nitrogens with two attached hydrogens (primary N) is 1. The molecule has 3 N–H and O–H groups in total. The number of amides is 1. The monoisotopic (exact) mass is 512 g/mol. The average Bonchev–Trinajstić information content (AvgIpc) is 2.71. The number of aromatic nitrogens is 1. The highest BCUT2D eigenvalue weighted by molar-refractivity contribution is 7.89. The standard InChI is InChI=1S/C19H18F6N4O4S/c1-10-8-29(9-15(33-10)19(23,24)25)16-14(5-11(7-27-16)18(20,21)22)17(30)28-12-3-2-4-13(6-12)34(26,31)32/h2-7,10,15H,8-9H2,1H3,(H,28,30)(H2,26,31,32)/t10-,15+/m0/s1. The molecule has 0 saturated carbocycles. The van der Waals surface area contributed by atoms with Crippen molar-refractivity contribution < 1.29 is 44.3 Å². The molecule has 1 saturated heterocycles. The van der Waals surface area contributed by atoms with Gasteiger partial charge < -0.3 is 15.0 Å². The van der Waals surface area contributed by atoms with E-state index in [2.05, 4.69) is 10.3 Å². The van der Waals surface area contributed by atoms with Gasteiger partial charge in [-0.05, 0) is 31.2 Å². The number of alkyl halides is 6. The summed E-state index contributed by atoms with van der Waals surface area (Å²) in [4.78, 5) is 17.2. The first kappa shape index (κ1) is 25.7. The molecule has 1 fully saturated rings. The summed E-state index contributed by atoms with van der Waals surface area (Å²) in [6.45, 7) is 0.368. The Balaban J connectivity index is 2.02. The summed E-state index contributed by atoms with van der Waals surface area (Å²) in [6.07, 6.45) is -12.4. The molecule has 3 rings (SSSR count). The predicted molar refractivity (Wildman–Crippen MR) is 108 cm³/mol. The highest BCUT2D eigenvalue weighted by Gasteiger charge is 2.46. The van der Waals surface area contributed by atoms with E-state index in [0.29, 0.717) is 12.3 Å². The normalized spacial score (nSPS) is 19.7. The summed E-state index contributed by atoms with van der Waals surface area (Å²) in [5.74, 6) is -1.57. The molecule has 1 aromatic heterocycles. The van der Waals surface area contributed by atoms with Gasteiger partial charge in [0.1, 0.15) is 5.82 Å². The Morgan fingerprint density at radius 1 is 1.18 bits per heavy atom. The quantitative estimate of drug-likeness (QED) is 0.609. The van der Waals surface area contributed by atoms with Gasteiger partial charge in [-0.1, -0.05) is 6.07 Å². The molecule has 0 spiro atoms. The number of nitrogens with zero attached hydrogens (tertiary/aromatic N) is 2. The first-order chi connectivity index (χ1) is 15.6. The molecule has 1 aliphatic rings. The van der Waals surface area contributed by atoms with Gasteiger partial charge in [-0.2, -0.15) is 26.3 Å². The minimum Gasteiger partial charge on any atom is -0.362 e. The second kappa shape index (κ2) is 9.03. The largest absolute Gasteiger partial charge is 0.417 e. The fourth-order valence-corrected chi connectivity index (χ4v) is 3.85. The lowest BCUT2D eigenvalue weighted by Crippen LogP contribution is -2.53. The predicted octanol–water partition coefficient (Wildman–Crippen LogP) is 3.16. The molecule has 0 bridgehead atoms. The molecule has 2 heterocycles. The zero-order chi connectivity index (χ0) is 25.5. The molecule has 2 atom stereocenters. The van der Waals surface area contributed by atoms with Crippen LogP contribution in [0.15, 0.2) is 41.4 Å². The molecular weight excluding hydrogens is 494 g/mol. The molecule has 0 unspecified atom stereocenters. The number of primary sulfonamides is 1. The number of halogens is 6. The molecule has 0 radical (unpaired) electrons. The molecule has 186 valence electrons. The third kappa shape index (κ3) is 5.95. The Labute approximate surface area is 189 Å². The van der Waals surface area contributed by atoms with Crippen LogP contribution in [0.2, 0.25) is 0 Å². The Morgan fingerprint density at radius 2 is 1.85 bits per heavy atom. The van der Waals surface area contributed by atoms with Gasteiger partial charge >= 0.3 is 12.4 Å². The van der Waals surface area contributed by atoms with Crippen LogP contribution in [0.4, 0.5) is 37.8 Å². The van der Waals surface area contributed by atoms with Crippen LogP contribution in [0.3, 0.4) is 0 Å². The van der Waals surface area contributed by atoms with Gasteiger partial charge in [0, 0.05) is 18.4 Å². The number of benzene rings is 1. The second-order valence-corrected chi connectivity index (χ2v) is 9.06. The van der Waals surface area contributed by atoms with E-state index in [1.165, 1.54) is 19.1 Å². The number of hydrogen-bond acceptors (Lipinski definition) is 6. The molecule has 2 aromatic rings. The van der Waals surface area contributed by atoms with Crippen molar-refractivity contribution in [3.63, 3.8) is 0 Å². The number of morpholine rings is 1. The molecule has 1 aliphatic heterocycles. The van der Waals surface area contributed by atoms with Crippen molar-refractivity contribution in [2.45, 2.75) is 36.4 Å². The number of carbonyl (C=O) groups excluding carboxylic acids is 1. The lowest BCUT2D eigenvalue weighted by molar-refractivity contribution is -0.233. The number of sulfonamides is 1. The van der Waals surface area contributed by atoms with E-state index in [1.54, 1.807) is 0 Å². The van der Waals surface area contributed by atoms with Gasteiger partial charge in [0.15, 0.2) is 6.10 Å². The fraction of sp³-hybridized carbons (Fsp3) is 0.368. The summed E-state index contributed by atoms with van der Waals surface area (Å²) in [5.41, 5.74) is -2.08. The number of pyridine rings is 1. The van der Waals surface area contributed by atoms with Crippen LogP contribution in [-0.2, 0) is 20.9 Å². The van der Waals surface area contributed by atoms with Crippen LogP contribution >= 0.6 is 0 Å². The van der Waals surface area contributed by atoms with Gasteiger partial charge in [0.25, 0.3) is 5.91 Å². The van der Waals surface area contributed by atoms with Crippen LogP contribution < -0.4 is 15.4 Å². The highest BCUT2D eigenvalue weighted by atomic mass is 32.2. The minimum absolute atomic E-state index is 0.122. The van der Waals surface area contributed by atoms with Gasteiger partial charge in [0.2, 0.25) is 10.0 Å². The maximum atomic E-state index is 13.3. The van der Waals surface area contributed by atoms with E-state index in [1.807, 2.05) is 0 Å². The number of rotatable bonds is 4. The number of carbonyl (C=O) groups is 1. The van der Waals surface area contributed by atoms with E-state index >= 15 is 0 Å². The average molecular weight is 512 g/mol. The van der Waals surface area contributed by atoms with Gasteiger partial charge in [-0.25, -0.2) is 18.5 Å². The third-order valence-electron chi connectivity index (χ3n) is 4.78. The van der Waals surface area contributed by atoms with Crippen molar-refractivity contribution in [2.75, 3.05) is 23.3 Å². The van der Waals surface area contributed by atoms with Gasteiger partial charge in [-0.15, -0.1) is 0 Å². The molecule has 15 heteroatoms. The first-order valence-corrected chi connectivity index (χ1v) is 11.1. The fourth-order valence-electron chi connectivity index (χ4n) is 3.29. The van der Waals surface area contributed by atoms with Crippen LogP contribution in [0, 0.1) is 0 Å². The molecule has 1 amide bonds. The lowest BCUT2D eigenvalue weighted by atomic mass is 10.1. The van der Waals surface area contributed by atoms with E-state index in [4.69, 9.17) is 9.88 Å².